The Labute approximate surface area is 436 Å². The van der Waals surface area contributed by atoms with Gasteiger partial charge in [-0.3, -0.25) is 0 Å². The van der Waals surface area contributed by atoms with E-state index in [1.54, 1.807) is 83.1 Å². The van der Waals surface area contributed by atoms with Crippen LogP contribution in [0.1, 0.15) is 174 Å². The summed E-state index contributed by atoms with van der Waals surface area (Å²) in [6, 6.07) is 11.6. The van der Waals surface area contributed by atoms with E-state index in [2.05, 4.69) is 0 Å². The Morgan fingerprint density at radius 3 is 0.500 bits per heavy atom. The summed E-state index contributed by atoms with van der Waals surface area (Å²) >= 11 is 0. The molecular weight excluding hydrogens is 1030 g/mol. The lowest BCUT2D eigenvalue weighted by Gasteiger charge is -2.35. The monoisotopic (exact) mass is 1100 g/mol. The zero-order valence-electron chi connectivity index (χ0n) is 45.6. The number of rotatable bonds is 12. The fraction of sp³-hybridized carbons (Fsp3) is 0.571. The molecule has 1 aliphatic rings. The second-order valence-corrected chi connectivity index (χ2v) is 23.0. The summed E-state index contributed by atoms with van der Waals surface area (Å²) in [4.78, 5) is 0. The number of alkyl halides is 12. The molecule has 0 heterocycles. The molecule has 0 unspecified atom stereocenters. The van der Waals surface area contributed by atoms with Crippen LogP contribution in [0.2, 0.25) is 0 Å². The maximum Gasteiger partial charge on any atom is 0.411 e. The Morgan fingerprint density at radius 2 is 0.408 bits per heavy atom. The number of benzene rings is 4. The molecule has 20 heteroatoms. The number of methoxy groups -OCH3 is 4. The van der Waals surface area contributed by atoms with Gasteiger partial charge in [0.05, 0.1) is 28.4 Å². The maximum absolute atomic E-state index is 14.7. The highest BCUT2D eigenvalue weighted by Gasteiger charge is 2.43. The third-order valence-corrected chi connectivity index (χ3v) is 12.8. The van der Waals surface area contributed by atoms with E-state index in [0.29, 0.717) is 22.3 Å². The molecule has 4 aromatic rings. The highest BCUT2D eigenvalue weighted by molar-refractivity contribution is 5.63. The van der Waals surface area contributed by atoms with Crippen LogP contribution in [-0.2, 0) is 40.6 Å². The molecule has 8 bridgehead atoms. The topological polar surface area (TPSA) is 73.8 Å². The third-order valence-electron chi connectivity index (χ3n) is 12.8. The lowest BCUT2D eigenvalue weighted by atomic mass is 9.77. The first-order valence-corrected chi connectivity index (χ1v) is 24.2. The quantitative estimate of drug-likeness (QED) is 0.130. The van der Waals surface area contributed by atoms with Crippen molar-refractivity contribution < 1.29 is 90.6 Å². The molecule has 76 heavy (non-hydrogen) atoms. The van der Waals surface area contributed by atoms with E-state index in [4.69, 9.17) is 37.9 Å². The first kappa shape index (κ1) is 61.9. The van der Waals surface area contributed by atoms with Crippen LogP contribution in [0.15, 0.2) is 48.5 Å². The van der Waals surface area contributed by atoms with E-state index in [1.807, 2.05) is 0 Å². The summed E-state index contributed by atoms with van der Waals surface area (Å²) in [6.07, 6.45) is -27.9. The van der Waals surface area contributed by atoms with Crippen LogP contribution in [0.5, 0.6) is 23.0 Å². The standard InChI is InChI=1S/C56H68F12O8/c1-49(2,3)29-17-33-41(69-13)34(18-29)46(74-26-54(60,61)62)36-20-31(51(7,8)9)22-38(43(36)71-15)48(76-28-56(66,67)68)40-24-32(52(10,11)12)23-39(44(40)72-16)47(75-27-55(63,64)65)37-21-30(50(4,5)6)19-35(42(37)70-14)45(33)73-25-53(57,58)59/h17-24,45-48H,25-28H2,1-16H3. The first-order chi connectivity index (χ1) is 34.5. The summed E-state index contributed by atoms with van der Waals surface area (Å²) in [7, 11) is 4.48. The van der Waals surface area contributed by atoms with Crippen molar-refractivity contribution in [2.45, 2.75) is 154 Å². The van der Waals surface area contributed by atoms with Crippen molar-refractivity contribution in [2.24, 2.45) is 0 Å². The smallest absolute Gasteiger partial charge is 0.411 e. The molecule has 0 saturated heterocycles. The number of hydrogen-bond acceptors (Lipinski definition) is 8. The van der Waals surface area contributed by atoms with Gasteiger partial charge in [0.2, 0.25) is 0 Å². The number of ether oxygens (including phenoxy) is 8. The largest absolute Gasteiger partial charge is 0.496 e. The summed E-state index contributed by atoms with van der Waals surface area (Å²) < 4.78 is 225. The van der Waals surface area contributed by atoms with Crippen molar-refractivity contribution in [1.29, 1.82) is 0 Å². The predicted octanol–water partition coefficient (Wildman–Crippen LogP) is 15.9. The third kappa shape index (κ3) is 14.8. The Bertz CT molecular complexity index is 2210. The zero-order chi connectivity index (χ0) is 57.7. The van der Waals surface area contributed by atoms with Gasteiger partial charge in [0.25, 0.3) is 0 Å². The summed E-state index contributed by atoms with van der Waals surface area (Å²) in [5.41, 5.74) is -4.38. The lowest BCUT2D eigenvalue weighted by Crippen LogP contribution is -2.26. The molecular formula is C56H68F12O8. The molecule has 0 atom stereocenters. The van der Waals surface area contributed by atoms with Crippen LogP contribution in [0.4, 0.5) is 52.7 Å². The van der Waals surface area contributed by atoms with Gasteiger partial charge < -0.3 is 37.9 Å². The molecule has 8 nitrogen and oxygen atoms in total. The summed E-state index contributed by atoms with van der Waals surface area (Å²) in [5, 5.41) is 0. The number of fused-ring (bicyclic) bond motifs is 8. The Balaban J connectivity index is 2.31. The molecule has 0 fully saturated rings. The van der Waals surface area contributed by atoms with Gasteiger partial charge in [-0.05, 0) is 92.4 Å². The second-order valence-electron chi connectivity index (χ2n) is 23.0. The van der Waals surface area contributed by atoms with Gasteiger partial charge in [0.1, 0.15) is 73.8 Å². The molecule has 1 aliphatic carbocycles. The minimum absolute atomic E-state index is 0.211. The fourth-order valence-electron chi connectivity index (χ4n) is 9.03. The van der Waals surface area contributed by atoms with Gasteiger partial charge in [-0.1, -0.05) is 83.1 Å². The van der Waals surface area contributed by atoms with Gasteiger partial charge in [-0.15, -0.1) is 0 Å². The first-order valence-electron chi connectivity index (χ1n) is 24.2. The van der Waals surface area contributed by atoms with Crippen LogP contribution in [-0.4, -0.2) is 79.6 Å². The van der Waals surface area contributed by atoms with Crippen LogP contribution in [0.3, 0.4) is 0 Å². The molecule has 0 saturated carbocycles. The normalized spacial score (nSPS) is 18.2. The molecule has 424 valence electrons. The van der Waals surface area contributed by atoms with E-state index in [-0.39, 0.29) is 67.5 Å². The lowest BCUT2D eigenvalue weighted by molar-refractivity contribution is -0.182. The van der Waals surface area contributed by atoms with Gasteiger partial charge in [-0.25, -0.2) is 0 Å². The molecule has 0 aliphatic heterocycles. The summed E-state index contributed by atoms with van der Waals surface area (Å²) in [5.74, 6) is -1.42. The van der Waals surface area contributed by atoms with Crippen molar-refractivity contribution in [3.05, 3.63) is 115 Å². The summed E-state index contributed by atoms with van der Waals surface area (Å²) in [6.45, 7) is 12.9. The van der Waals surface area contributed by atoms with Gasteiger partial charge in [0.15, 0.2) is 0 Å². The second kappa shape index (κ2) is 22.1. The Kier molecular flexibility index (Phi) is 18.0. The number of hydrogen-bond donors (Lipinski definition) is 0. The minimum atomic E-state index is -5.03. The van der Waals surface area contributed by atoms with Crippen molar-refractivity contribution >= 4 is 0 Å². The van der Waals surface area contributed by atoms with E-state index in [1.165, 1.54) is 48.5 Å². The highest BCUT2D eigenvalue weighted by atomic mass is 19.4. The molecule has 4 aromatic carbocycles. The van der Waals surface area contributed by atoms with E-state index in [9.17, 15) is 52.7 Å². The Morgan fingerprint density at radius 1 is 0.276 bits per heavy atom. The molecule has 0 aromatic heterocycles. The van der Waals surface area contributed by atoms with E-state index in [0.717, 1.165) is 28.4 Å². The molecule has 0 amide bonds. The van der Waals surface area contributed by atoms with Crippen LogP contribution in [0, 0.1) is 0 Å². The van der Waals surface area contributed by atoms with Crippen molar-refractivity contribution in [2.75, 3.05) is 54.9 Å². The van der Waals surface area contributed by atoms with Gasteiger partial charge in [-0.2, -0.15) is 52.7 Å². The highest BCUT2D eigenvalue weighted by Crippen LogP contribution is 2.54. The zero-order valence-corrected chi connectivity index (χ0v) is 45.6. The van der Waals surface area contributed by atoms with E-state index < -0.39 is 97.2 Å². The van der Waals surface area contributed by atoms with Gasteiger partial charge >= 0.3 is 24.7 Å². The molecule has 0 radical (unpaired) electrons. The van der Waals surface area contributed by atoms with E-state index >= 15 is 0 Å². The van der Waals surface area contributed by atoms with Crippen LogP contribution >= 0.6 is 0 Å². The molecule has 0 spiro atoms. The average molecular weight is 1100 g/mol. The minimum Gasteiger partial charge on any atom is -0.496 e. The van der Waals surface area contributed by atoms with Gasteiger partial charge in [0, 0.05) is 44.5 Å². The average Bonchev–Trinajstić information content (AvgIpc) is 3.25. The number of halogens is 12. The predicted molar refractivity (Wildman–Crippen MR) is 262 cm³/mol. The van der Waals surface area contributed by atoms with Crippen molar-refractivity contribution in [3.8, 4) is 23.0 Å². The Hall–Kier alpha value is -4.92. The molecule has 5 rings (SSSR count). The maximum atomic E-state index is 14.7. The van der Waals surface area contributed by atoms with Crippen LogP contribution < -0.4 is 18.9 Å². The van der Waals surface area contributed by atoms with Crippen molar-refractivity contribution in [3.63, 3.8) is 0 Å². The van der Waals surface area contributed by atoms with Crippen LogP contribution in [0.25, 0.3) is 0 Å². The molecule has 0 N–H and O–H groups in total. The SMILES string of the molecule is COc1c2cc(C(C)(C)C)cc1C(OCC(F)(F)F)c1cc(C(C)(C)C)cc(c1OC)C(OCC(F)(F)F)c1cc(C(C)(C)C)cc(c1OC)C(OCC(F)(F)F)c1cc(C(C)(C)C)cc(c1OC)C2OCC(F)(F)F. The fourth-order valence-corrected chi connectivity index (χ4v) is 9.03. The van der Waals surface area contributed by atoms with Crippen molar-refractivity contribution in [1.82, 2.24) is 0 Å².